The molecule has 0 aliphatic carbocycles. The van der Waals surface area contributed by atoms with Gasteiger partial charge in [-0.2, -0.15) is 0 Å². The van der Waals surface area contributed by atoms with Crippen molar-refractivity contribution in [2.24, 2.45) is 0 Å². The molecule has 0 saturated carbocycles. The average Bonchev–Trinajstić information content (AvgIpc) is 3.03. The maximum atomic E-state index is 14.0. The van der Waals surface area contributed by atoms with E-state index in [1.54, 1.807) is 19.2 Å². The molecule has 3 rings (SSSR count). The van der Waals surface area contributed by atoms with Crippen LogP contribution in [0, 0.1) is 6.92 Å². The van der Waals surface area contributed by atoms with Gasteiger partial charge in [-0.3, -0.25) is 4.31 Å². The lowest BCUT2D eigenvalue weighted by atomic mass is 9.75. The second-order valence-corrected chi connectivity index (χ2v) is 17.6. The van der Waals surface area contributed by atoms with Crippen molar-refractivity contribution in [2.45, 2.75) is 90.0 Å². The van der Waals surface area contributed by atoms with E-state index in [-0.39, 0.29) is 4.90 Å². The maximum absolute atomic E-state index is 14.0. The Kier molecular flexibility index (Phi) is 8.35. The first-order chi connectivity index (χ1) is 16.6. The first-order valence-corrected chi connectivity index (χ1v) is 17.3. The highest BCUT2D eigenvalue weighted by Crippen LogP contribution is 2.41. The van der Waals surface area contributed by atoms with Crippen LogP contribution in [-0.4, -0.2) is 46.2 Å². The molecular formula is C28H42BNO4SSi. The lowest BCUT2D eigenvalue weighted by Gasteiger charge is -2.36. The van der Waals surface area contributed by atoms with Gasteiger partial charge in [0.2, 0.25) is 0 Å². The third kappa shape index (κ3) is 5.52. The lowest BCUT2D eigenvalue weighted by molar-refractivity contribution is 0.00578. The quantitative estimate of drug-likeness (QED) is 0.384. The van der Waals surface area contributed by atoms with Gasteiger partial charge in [0.15, 0.2) is 0 Å². The summed E-state index contributed by atoms with van der Waals surface area (Å²) in [5.74, 6) is 0. The van der Waals surface area contributed by atoms with E-state index in [1.807, 2.05) is 65.0 Å². The number of allylic oxidation sites excluding steroid dienone is 1. The first-order valence-electron chi connectivity index (χ1n) is 12.9. The smallest absolute Gasteiger partial charge is 0.400 e. The molecule has 1 fully saturated rings. The third-order valence-corrected chi connectivity index (χ3v) is 13.3. The molecule has 5 nitrogen and oxygen atoms in total. The summed E-state index contributed by atoms with van der Waals surface area (Å²) in [5, 5.41) is 2.00. The van der Waals surface area contributed by atoms with Crippen molar-refractivity contribution in [3.8, 4) is 0 Å². The van der Waals surface area contributed by atoms with Gasteiger partial charge in [-0.05, 0) is 58.6 Å². The summed E-state index contributed by atoms with van der Waals surface area (Å²) in [7, 11) is -5.25. The summed E-state index contributed by atoms with van der Waals surface area (Å²) in [5.41, 5.74) is 0.918. The molecule has 0 radical (unpaired) electrons. The fourth-order valence-corrected chi connectivity index (χ4v) is 10.0. The average molecular weight is 528 g/mol. The molecule has 196 valence electrons. The van der Waals surface area contributed by atoms with Crippen LogP contribution in [0.1, 0.15) is 59.4 Å². The fourth-order valence-electron chi connectivity index (χ4n) is 4.68. The molecule has 0 bridgehead atoms. The van der Waals surface area contributed by atoms with Gasteiger partial charge in [0, 0.05) is 12.4 Å². The molecule has 0 amide bonds. The zero-order valence-electron chi connectivity index (χ0n) is 23.4. The Balaban J connectivity index is 2.29. The summed E-state index contributed by atoms with van der Waals surface area (Å²) >= 11 is 0. The van der Waals surface area contributed by atoms with E-state index in [1.165, 1.54) is 4.31 Å². The normalized spacial score (nSPS) is 18.2. The van der Waals surface area contributed by atoms with E-state index in [2.05, 4.69) is 32.2 Å². The van der Waals surface area contributed by atoms with Crippen LogP contribution in [-0.2, 0) is 19.3 Å². The Morgan fingerprint density at radius 2 is 1.47 bits per heavy atom. The number of hydrogen-bond donors (Lipinski definition) is 0. The van der Waals surface area contributed by atoms with Crippen molar-refractivity contribution in [3.63, 3.8) is 0 Å². The van der Waals surface area contributed by atoms with E-state index < -0.39 is 36.4 Å². The Hall–Kier alpha value is -1.87. The van der Waals surface area contributed by atoms with Crippen LogP contribution in [0.5, 0.6) is 0 Å². The molecule has 2 aromatic carbocycles. The Morgan fingerprint density at radius 3 is 1.97 bits per heavy atom. The standard InChI is InChI=1S/C28H42BNO4SSi/c1-10-11-17-25(29-33-27(3,4)28(5,6)34-29)26(36(8,9)24-15-13-12-14-16-24)30(7)35(31,32)23-20-18-22(2)19-21-23/h12-16,18-21H,10-11,17H2,1-9H3/b26-25-. The molecule has 0 aromatic heterocycles. The van der Waals surface area contributed by atoms with Gasteiger partial charge in [0.1, 0.15) is 8.07 Å². The Bertz CT molecular complexity index is 1180. The molecule has 0 atom stereocenters. The minimum absolute atomic E-state index is 0.287. The van der Waals surface area contributed by atoms with E-state index >= 15 is 0 Å². The number of benzene rings is 2. The number of unbranched alkanes of at least 4 members (excludes halogenated alkanes) is 1. The molecule has 8 heteroatoms. The lowest BCUT2D eigenvalue weighted by Crippen LogP contribution is -2.52. The zero-order chi connectivity index (χ0) is 26.9. The molecule has 1 aliphatic rings. The minimum atomic E-state index is -3.80. The van der Waals surface area contributed by atoms with Gasteiger partial charge in [-0.25, -0.2) is 8.42 Å². The second-order valence-electron chi connectivity index (χ2n) is 11.3. The monoisotopic (exact) mass is 527 g/mol. The predicted octanol–water partition coefficient (Wildman–Crippen LogP) is 5.85. The zero-order valence-corrected chi connectivity index (χ0v) is 25.2. The highest BCUT2D eigenvalue weighted by Gasteiger charge is 2.54. The van der Waals surface area contributed by atoms with Gasteiger partial charge in [-0.15, -0.1) is 0 Å². The van der Waals surface area contributed by atoms with Gasteiger partial charge < -0.3 is 9.31 Å². The summed E-state index contributed by atoms with van der Waals surface area (Å²) in [6.07, 6.45) is 2.61. The van der Waals surface area contributed by atoms with E-state index in [4.69, 9.17) is 9.31 Å². The Labute approximate surface area is 220 Å². The molecular weight excluding hydrogens is 485 g/mol. The highest BCUT2D eigenvalue weighted by atomic mass is 32.2. The highest BCUT2D eigenvalue weighted by molar-refractivity contribution is 7.89. The van der Waals surface area contributed by atoms with Gasteiger partial charge in [0.05, 0.1) is 16.1 Å². The summed E-state index contributed by atoms with van der Waals surface area (Å²) < 4.78 is 42.7. The molecule has 0 spiro atoms. The fraction of sp³-hybridized carbons (Fsp3) is 0.500. The first kappa shape index (κ1) is 28.7. The number of hydrogen-bond acceptors (Lipinski definition) is 4. The van der Waals surface area contributed by atoms with E-state index in [0.717, 1.165) is 34.4 Å². The van der Waals surface area contributed by atoms with Gasteiger partial charge in [-0.1, -0.05) is 86.1 Å². The molecule has 2 aromatic rings. The van der Waals surface area contributed by atoms with Crippen LogP contribution in [0.4, 0.5) is 0 Å². The van der Waals surface area contributed by atoms with Crippen LogP contribution >= 0.6 is 0 Å². The summed E-state index contributed by atoms with van der Waals surface area (Å²) in [6, 6.07) is 17.3. The second kappa shape index (κ2) is 10.5. The number of sulfonamides is 1. The number of nitrogens with zero attached hydrogens (tertiary/aromatic N) is 1. The topological polar surface area (TPSA) is 55.8 Å². The minimum Gasteiger partial charge on any atom is -0.400 e. The SMILES string of the molecule is CCCC/C(B1OC(C)(C)C(C)(C)O1)=C(\N(C)S(=O)(=O)c1ccc(C)cc1)[Si](C)(C)c1ccccc1. The van der Waals surface area contributed by atoms with Crippen molar-refractivity contribution in [3.05, 3.63) is 71.0 Å². The Morgan fingerprint density at radius 1 is 0.944 bits per heavy atom. The largest absolute Gasteiger partial charge is 0.491 e. The summed E-state index contributed by atoms with van der Waals surface area (Å²) in [6.45, 7) is 16.7. The molecule has 0 N–H and O–H groups in total. The van der Waals surface area contributed by atoms with E-state index in [0.29, 0.717) is 6.42 Å². The van der Waals surface area contributed by atoms with Crippen molar-refractivity contribution < 1.29 is 17.7 Å². The number of aryl methyl sites for hydroxylation is 1. The van der Waals surface area contributed by atoms with Crippen molar-refractivity contribution in [1.29, 1.82) is 0 Å². The van der Waals surface area contributed by atoms with Crippen LogP contribution in [0.2, 0.25) is 13.1 Å². The van der Waals surface area contributed by atoms with Crippen LogP contribution in [0.3, 0.4) is 0 Å². The molecule has 0 unspecified atom stereocenters. The van der Waals surface area contributed by atoms with Gasteiger partial charge in [0.25, 0.3) is 10.0 Å². The van der Waals surface area contributed by atoms with Crippen molar-refractivity contribution in [2.75, 3.05) is 7.05 Å². The molecule has 36 heavy (non-hydrogen) atoms. The summed E-state index contributed by atoms with van der Waals surface area (Å²) in [4.78, 5) is 0.287. The van der Waals surface area contributed by atoms with Crippen LogP contribution in [0.25, 0.3) is 0 Å². The molecule has 1 heterocycles. The molecule has 1 aliphatic heterocycles. The predicted molar refractivity (Wildman–Crippen MR) is 152 cm³/mol. The van der Waals surface area contributed by atoms with Gasteiger partial charge >= 0.3 is 7.12 Å². The van der Waals surface area contributed by atoms with Crippen molar-refractivity contribution >= 4 is 30.4 Å². The molecule has 1 saturated heterocycles. The van der Waals surface area contributed by atoms with Crippen LogP contribution in [0.15, 0.2) is 70.3 Å². The number of rotatable bonds is 9. The van der Waals surface area contributed by atoms with Crippen molar-refractivity contribution in [1.82, 2.24) is 4.31 Å². The van der Waals surface area contributed by atoms with E-state index in [9.17, 15) is 8.42 Å². The van der Waals surface area contributed by atoms with Crippen LogP contribution < -0.4 is 5.19 Å². The maximum Gasteiger partial charge on any atom is 0.491 e. The third-order valence-electron chi connectivity index (χ3n) is 7.72.